The molecule has 0 saturated carbocycles. The van der Waals surface area contributed by atoms with Gasteiger partial charge in [0.2, 0.25) is 0 Å². The number of anilines is 2. The van der Waals surface area contributed by atoms with E-state index in [0.29, 0.717) is 49.4 Å². The number of hydrogen-bond acceptors (Lipinski definition) is 5. The highest BCUT2D eigenvalue weighted by atomic mass is 35.5. The fourth-order valence-corrected chi connectivity index (χ4v) is 4.23. The lowest BCUT2D eigenvalue weighted by Crippen LogP contribution is -2.47. The maximum Gasteiger partial charge on any atom is 0.390 e. The lowest BCUT2D eigenvalue weighted by Gasteiger charge is -2.37. The highest BCUT2D eigenvalue weighted by molar-refractivity contribution is 6.31. The predicted molar refractivity (Wildman–Crippen MR) is 153 cm³/mol. The third kappa shape index (κ3) is 11.3. The number of aliphatic hydroxyl groups is 1. The molecule has 1 aliphatic rings. The third-order valence-electron chi connectivity index (χ3n) is 6.81. The number of nitrogens with one attached hydrogen (secondary N) is 2. The Morgan fingerprint density at radius 3 is 2.31 bits per heavy atom. The van der Waals surface area contributed by atoms with Crippen LogP contribution in [0.4, 0.5) is 38.1 Å². The molecule has 0 aromatic heterocycles. The van der Waals surface area contributed by atoms with E-state index in [2.05, 4.69) is 24.5 Å². The Balaban J connectivity index is 0.000000782. The van der Waals surface area contributed by atoms with Crippen LogP contribution in [0, 0.1) is 17.6 Å². The van der Waals surface area contributed by atoms with Gasteiger partial charge < -0.3 is 26.4 Å². The molecule has 1 saturated heterocycles. The molecular formula is C28H37ClF5N5O3. The second-order valence-electron chi connectivity index (χ2n) is 9.95. The van der Waals surface area contributed by atoms with Crippen LogP contribution in [-0.4, -0.2) is 67.5 Å². The number of carbonyl (C=O) groups excluding carboxylic acids is 2. The fourth-order valence-electron chi connectivity index (χ4n) is 4.07. The normalized spacial score (nSPS) is 14.5. The first kappa shape index (κ1) is 35.0. The fraction of sp³-hybridized carbons (Fsp3) is 0.500. The van der Waals surface area contributed by atoms with Gasteiger partial charge in [0.1, 0.15) is 0 Å². The van der Waals surface area contributed by atoms with Gasteiger partial charge in [-0.15, -0.1) is 0 Å². The Hall–Kier alpha value is -3.16. The Bertz CT molecular complexity index is 1190. The summed E-state index contributed by atoms with van der Waals surface area (Å²) in [4.78, 5) is 27.1. The molecule has 5 N–H and O–H groups in total. The predicted octanol–water partition coefficient (Wildman–Crippen LogP) is 5.53. The van der Waals surface area contributed by atoms with E-state index in [4.69, 9.17) is 22.4 Å². The minimum atomic E-state index is -4.23. The van der Waals surface area contributed by atoms with Crippen LogP contribution in [-0.2, 0) is 6.54 Å². The summed E-state index contributed by atoms with van der Waals surface area (Å²) in [5.74, 6) is -2.90. The maximum atomic E-state index is 14.6. The monoisotopic (exact) mass is 621 g/mol. The van der Waals surface area contributed by atoms with Gasteiger partial charge in [-0.05, 0) is 36.6 Å². The van der Waals surface area contributed by atoms with Crippen LogP contribution in [0.25, 0.3) is 0 Å². The van der Waals surface area contributed by atoms with Crippen molar-refractivity contribution in [3.8, 4) is 0 Å². The van der Waals surface area contributed by atoms with Crippen molar-refractivity contribution in [3.05, 3.63) is 58.1 Å². The minimum Gasteiger partial charge on any atom is -0.396 e. The molecule has 1 unspecified atom stereocenters. The Morgan fingerprint density at radius 2 is 1.76 bits per heavy atom. The smallest absolute Gasteiger partial charge is 0.390 e. The van der Waals surface area contributed by atoms with Crippen LogP contribution in [0.2, 0.25) is 5.02 Å². The van der Waals surface area contributed by atoms with Crippen molar-refractivity contribution >= 4 is 34.9 Å². The SMILES string of the molecule is CCC(C)CCO.NC(=O)NCc1ccc(C(=O)Nc2ccc(Cl)cc2N2CCN(CCC(F)(F)F)CC2)c(F)c1F. The van der Waals surface area contributed by atoms with Crippen LogP contribution in [0.3, 0.4) is 0 Å². The van der Waals surface area contributed by atoms with E-state index in [0.717, 1.165) is 18.6 Å². The number of alkyl halides is 3. The molecule has 0 bridgehead atoms. The Kier molecular flexibility index (Phi) is 13.7. The average Bonchev–Trinajstić information content (AvgIpc) is 2.94. The molecule has 0 radical (unpaired) electrons. The van der Waals surface area contributed by atoms with E-state index < -0.39 is 41.7 Å². The molecule has 14 heteroatoms. The molecule has 8 nitrogen and oxygen atoms in total. The first-order valence-electron chi connectivity index (χ1n) is 13.5. The number of nitrogens with zero attached hydrogens (tertiary/aromatic N) is 2. The van der Waals surface area contributed by atoms with Gasteiger partial charge in [-0.1, -0.05) is 37.9 Å². The summed E-state index contributed by atoms with van der Waals surface area (Å²) in [5.41, 5.74) is 4.97. The topological polar surface area (TPSA) is 111 Å². The number of urea groups is 1. The summed E-state index contributed by atoms with van der Waals surface area (Å²) in [6.07, 6.45) is -2.99. The number of primary amides is 1. The summed E-state index contributed by atoms with van der Waals surface area (Å²) < 4.78 is 66.4. The zero-order chi connectivity index (χ0) is 31.4. The maximum absolute atomic E-state index is 14.6. The summed E-state index contributed by atoms with van der Waals surface area (Å²) in [7, 11) is 0. The van der Waals surface area contributed by atoms with Gasteiger partial charge in [0.15, 0.2) is 11.6 Å². The third-order valence-corrected chi connectivity index (χ3v) is 7.05. The Morgan fingerprint density at radius 1 is 1.10 bits per heavy atom. The standard InChI is InChI=1S/C22H23ClF5N5O2.C6H14O/c23-14-2-4-16(17(11-14)33-9-7-32(8-10-33)6-5-22(26,27)28)31-20(34)15-3-1-13(12-30-21(29)35)18(24)19(15)25;1-3-6(2)4-5-7/h1-4,11H,5-10,12H2,(H,31,34)(H3,29,30,35);6-7H,3-5H2,1-2H3. The molecule has 1 fully saturated rings. The number of halogens is 6. The highest BCUT2D eigenvalue weighted by Crippen LogP contribution is 2.31. The first-order valence-corrected chi connectivity index (χ1v) is 13.9. The molecule has 1 heterocycles. The van der Waals surface area contributed by atoms with Gasteiger partial charge in [-0.3, -0.25) is 9.69 Å². The van der Waals surface area contributed by atoms with Crippen molar-refractivity contribution in [1.82, 2.24) is 10.2 Å². The number of carbonyl (C=O) groups is 2. The van der Waals surface area contributed by atoms with E-state index >= 15 is 0 Å². The van der Waals surface area contributed by atoms with Crippen molar-refractivity contribution in [1.29, 1.82) is 0 Å². The molecule has 3 rings (SSSR count). The van der Waals surface area contributed by atoms with Gasteiger partial charge >= 0.3 is 12.2 Å². The van der Waals surface area contributed by atoms with E-state index in [1.165, 1.54) is 18.6 Å². The number of piperazine rings is 1. The van der Waals surface area contributed by atoms with Gasteiger partial charge in [0, 0.05) is 56.5 Å². The first-order chi connectivity index (χ1) is 19.7. The summed E-state index contributed by atoms with van der Waals surface area (Å²) in [5, 5.41) is 13.4. The molecule has 42 heavy (non-hydrogen) atoms. The average molecular weight is 622 g/mol. The summed E-state index contributed by atoms with van der Waals surface area (Å²) in [6.45, 7) is 5.68. The number of benzene rings is 2. The minimum absolute atomic E-state index is 0.105. The zero-order valence-corrected chi connectivity index (χ0v) is 24.3. The number of aliphatic hydroxyl groups excluding tert-OH is 1. The van der Waals surface area contributed by atoms with Crippen LogP contribution in [0.1, 0.15) is 49.0 Å². The number of rotatable bonds is 10. The van der Waals surface area contributed by atoms with E-state index in [1.54, 1.807) is 11.0 Å². The van der Waals surface area contributed by atoms with Crippen LogP contribution >= 0.6 is 11.6 Å². The molecule has 2 aromatic rings. The lowest BCUT2D eigenvalue weighted by molar-refractivity contribution is -0.138. The summed E-state index contributed by atoms with van der Waals surface area (Å²) >= 11 is 6.11. The van der Waals surface area contributed by atoms with Gasteiger partial charge in [0.25, 0.3) is 5.91 Å². The molecular weight excluding hydrogens is 585 g/mol. The number of hydrogen-bond donors (Lipinski definition) is 4. The van der Waals surface area contributed by atoms with Crippen molar-refractivity contribution in [2.75, 3.05) is 49.5 Å². The molecule has 3 amide bonds. The van der Waals surface area contributed by atoms with E-state index in [1.807, 2.05) is 4.90 Å². The molecule has 2 aromatic carbocycles. The van der Waals surface area contributed by atoms with Gasteiger partial charge in [0.05, 0.1) is 23.4 Å². The second-order valence-corrected chi connectivity index (χ2v) is 10.4. The molecule has 0 aliphatic carbocycles. The molecule has 1 aliphatic heterocycles. The van der Waals surface area contributed by atoms with Crippen LogP contribution < -0.4 is 21.3 Å². The lowest BCUT2D eigenvalue weighted by atomic mass is 10.1. The largest absolute Gasteiger partial charge is 0.396 e. The zero-order valence-electron chi connectivity index (χ0n) is 23.5. The Labute approximate surface area is 247 Å². The molecule has 0 spiro atoms. The van der Waals surface area contributed by atoms with Gasteiger partial charge in [-0.25, -0.2) is 13.6 Å². The van der Waals surface area contributed by atoms with Crippen molar-refractivity contribution in [2.45, 2.75) is 45.8 Å². The summed E-state index contributed by atoms with van der Waals surface area (Å²) in [6, 6.07) is 5.93. The number of amides is 3. The molecule has 1 atom stereocenters. The second kappa shape index (κ2) is 16.5. The van der Waals surface area contributed by atoms with Crippen molar-refractivity contribution in [3.63, 3.8) is 0 Å². The van der Waals surface area contributed by atoms with Crippen LogP contribution in [0.5, 0.6) is 0 Å². The molecule has 234 valence electrons. The van der Waals surface area contributed by atoms with Crippen LogP contribution in [0.15, 0.2) is 30.3 Å². The van der Waals surface area contributed by atoms with E-state index in [9.17, 15) is 31.5 Å². The van der Waals surface area contributed by atoms with Crippen molar-refractivity contribution in [2.24, 2.45) is 11.7 Å². The number of nitrogens with two attached hydrogens (primary N) is 1. The quantitative estimate of drug-likeness (QED) is 0.261. The van der Waals surface area contributed by atoms with E-state index in [-0.39, 0.29) is 24.3 Å². The van der Waals surface area contributed by atoms with Gasteiger partial charge in [-0.2, -0.15) is 13.2 Å². The van der Waals surface area contributed by atoms with Crippen molar-refractivity contribution < 1.29 is 36.6 Å². The highest BCUT2D eigenvalue weighted by Gasteiger charge is 2.29.